The van der Waals surface area contributed by atoms with Crippen molar-refractivity contribution < 1.29 is 52.6 Å². The van der Waals surface area contributed by atoms with E-state index in [-0.39, 0.29) is 40.1 Å². The molecule has 6 rings (SSSR count). The van der Waals surface area contributed by atoms with Crippen LogP contribution in [0.4, 0.5) is 4.79 Å². The number of rotatable bonds is 10. The third kappa shape index (κ3) is 3.85. The van der Waals surface area contributed by atoms with Gasteiger partial charge in [-0.2, -0.15) is 0 Å². The maximum atomic E-state index is 13.3. The van der Waals surface area contributed by atoms with Crippen LogP contribution in [0.15, 0.2) is 6.07 Å². The van der Waals surface area contributed by atoms with Crippen molar-refractivity contribution in [2.45, 2.75) is 61.9 Å². The van der Waals surface area contributed by atoms with E-state index >= 15 is 0 Å². The topological polar surface area (TPSA) is 152 Å². The number of ketones is 1. The maximum absolute atomic E-state index is 13.3. The van der Waals surface area contributed by atoms with E-state index in [1.807, 2.05) is 13.0 Å². The van der Waals surface area contributed by atoms with E-state index in [9.17, 15) is 14.7 Å². The maximum Gasteiger partial charge on any atom is 0.408 e. The summed E-state index contributed by atoms with van der Waals surface area (Å²) in [5.41, 5.74) is 0.334. The molecule has 1 amide bonds. The van der Waals surface area contributed by atoms with Crippen LogP contribution in [-0.2, 0) is 34.8 Å². The standard InChI is InChI=1S/C30H37BrN2O11/c1-14-12-16-20(21(35)19-15(22(16)37-3)8-7-9-17(19)34)23-18(14)24-25-29(40-6,41-23)28(13-31,44-27(36)33-11-10-32-2)30(42-24,43-25)26(38-4)39-5/h12,24-26,32,35H,7-11,13H2,1-6H3,(H,33,36)/t24?,25?,28-,29+,30?/m0/s1. The number of benzene rings is 2. The summed E-state index contributed by atoms with van der Waals surface area (Å²) in [6.07, 6.45) is -2.26. The highest BCUT2D eigenvalue weighted by Crippen LogP contribution is 2.69. The average Bonchev–Trinajstić information content (AvgIpc) is 3.51. The van der Waals surface area contributed by atoms with Gasteiger partial charge in [-0.1, -0.05) is 15.9 Å². The largest absolute Gasteiger partial charge is 0.506 e. The molecule has 3 heterocycles. The number of fused-ring (bicyclic) bond motifs is 6. The molecule has 1 aliphatic carbocycles. The lowest BCUT2D eigenvalue weighted by molar-refractivity contribution is -0.388. The second kappa shape index (κ2) is 11.3. The van der Waals surface area contributed by atoms with Gasteiger partial charge in [-0.25, -0.2) is 4.79 Å². The van der Waals surface area contributed by atoms with Crippen molar-refractivity contribution >= 4 is 38.6 Å². The molecule has 2 fully saturated rings. The van der Waals surface area contributed by atoms with E-state index in [0.29, 0.717) is 48.1 Å². The van der Waals surface area contributed by atoms with Gasteiger partial charge in [-0.05, 0) is 38.4 Å². The summed E-state index contributed by atoms with van der Waals surface area (Å²) in [5, 5.41) is 18.2. The Morgan fingerprint density at radius 1 is 1.18 bits per heavy atom. The van der Waals surface area contributed by atoms with Crippen molar-refractivity contribution in [3.8, 4) is 17.2 Å². The molecule has 14 heteroatoms. The fourth-order valence-corrected chi connectivity index (χ4v) is 8.28. The summed E-state index contributed by atoms with van der Waals surface area (Å²) in [7, 11) is 7.54. The number of phenolic OH excluding ortho intramolecular Hbond substituents is 1. The SMILES string of the molecule is CNCCNC(=O)O[C@]1(CBr)C2(C(OC)OC)OC3c4c(C)cc5c(OC)c6c(c(O)c5c4O[C@]1(OC)C3O2)C(=O)CCC6. The van der Waals surface area contributed by atoms with Crippen molar-refractivity contribution in [3.63, 3.8) is 0 Å². The third-order valence-electron chi connectivity index (χ3n) is 9.19. The molecule has 0 radical (unpaired) electrons. The van der Waals surface area contributed by atoms with Crippen LogP contribution in [0.3, 0.4) is 0 Å². The first kappa shape index (κ1) is 31.3. The number of Topliss-reactive ketones (excluding diaryl/α,β-unsaturated/α-hetero) is 1. The number of hydrogen-bond acceptors (Lipinski definition) is 12. The van der Waals surface area contributed by atoms with Crippen LogP contribution in [0, 0.1) is 6.92 Å². The summed E-state index contributed by atoms with van der Waals surface area (Å²) >= 11 is 3.54. The zero-order valence-electron chi connectivity index (χ0n) is 25.5. The summed E-state index contributed by atoms with van der Waals surface area (Å²) in [6.45, 7) is 2.65. The highest BCUT2D eigenvalue weighted by atomic mass is 79.9. The van der Waals surface area contributed by atoms with Gasteiger partial charge in [-0.15, -0.1) is 0 Å². The number of hydrogen-bond donors (Lipinski definition) is 3. The molecule has 3 aliphatic heterocycles. The number of likely N-dealkylation sites (N-methyl/N-ethyl adjacent to an activating group) is 1. The Labute approximate surface area is 262 Å². The van der Waals surface area contributed by atoms with Crippen LogP contribution < -0.4 is 20.1 Å². The molecular weight excluding hydrogens is 644 g/mol. The second-order valence-corrected chi connectivity index (χ2v) is 11.8. The van der Waals surface area contributed by atoms with Gasteiger partial charge >= 0.3 is 6.09 Å². The fraction of sp³-hybridized carbons (Fsp3) is 0.600. The Kier molecular flexibility index (Phi) is 8.01. The molecule has 0 aromatic heterocycles. The number of ether oxygens (including phenoxy) is 8. The monoisotopic (exact) mass is 680 g/mol. The Bertz CT molecular complexity index is 1520. The molecule has 44 heavy (non-hydrogen) atoms. The van der Waals surface area contributed by atoms with Gasteiger partial charge < -0.3 is 53.6 Å². The average molecular weight is 682 g/mol. The van der Waals surface area contributed by atoms with E-state index in [1.54, 1.807) is 7.05 Å². The lowest BCUT2D eigenvalue weighted by atomic mass is 9.76. The van der Waals surface area contributed by atoms with E-state index in [2.05, 4.69) is 26.6 Å². The number of aromatic hydroxyl groups is 1. The first-order chi connectivity index (χ1) is 21.1. The number of methoxy groups -OCH3 is 4. The summed E-state index contributed by atoms with van der Waals surface area (Å²) in [5.74, 6) is -3.42. The molecular formula is C30H37BrN2O11. The van der Waals surface area contributed by atoms with Crippen molar-refractivity contribution in [1.29, 1.82) is 0 Å². The normalized spacial score (nSPS) is 29.9. The number of nitrogens with one attached hydrogen (secondary N) is 2. The fourth-order valence-electron chi connectivity index (χ4n) is 7.38. The highest BCUT2D eigenvalue weighted by Gasteiger charge is 2.89. The number of halogens is 1. The number of amides is 1. The molecule has 0 saturated carbocycles. The molecule has 2 saturated heterocycles. The van der Waals surface area contributed by atoms with Crippen LogP contribution in [0.5, 0.6) is 17.2 Å². The number of aryl methyl sites for hydroxylation is 1. The van der Waals surface area contributed by atoms with Gasteiger partial charge in [0.05, 0.1) is 23.4 Å². The van der Waals surface area contributed by atoms with Crippen LogP contribution in [0.1, 0.15) is 46.0 Å². The van der Waals surface area contributed by atoms with E-state index in [1.165, 1.54) is 28.4 Å². The number of alkyl carbamates (subject to hydrolysis) is 1. The van der Waals surface area contributed by atoms with E-state index in [0.717, 1.165) is 5.56 Å². The van der Waals surface area contributed by atoms with Crippen LogP contribution in [0.2, 0.25) is 0 Å². The number of carbonyl (C=O) groups excluding carboxylic acids is 2. The molecule has 2 aromatic carbocycles. The first-order valence-corrected chi connectivity index (χ1v) is 15.5. The minimum Gasteiger partial charge on any atom is -0.506 e. The highest BCUT2D eigenvalue weighted by molar-refractivity contribution is 9.09. The number of alkyl halides is 1. The van der Waals surface area contributed by atoms with Crippen LogP contribution in [0.25, 0.3) is 10.8 Å². The zero-order valence-corrected chi connectivity index (χ0v) is 27.0. The van der Waals surface area contributed by atoms with Gasteiger partial charge in [0.15, 0.2) is 11.9 Å². The van der Waals surface area contributed by atoms with Gasteiger partial charge in [0.1, 0.15) is 23.4 Å². The van der Waals surface area contributed by atoms with E-state index in [4.69, 9.17) is 37.9 Å². The molecule has 3 N–H and O–H groups in total. The first-order valence-electron chi connectivity index (χ1n) is 14.4. The predicted octanol–water partition coefficient (Wildman–Crippen LogP) is 2.98. The summed E-state index contributed by atoms with van der Waals surface area (Å²) < 4.78 is 49.9. The van der Waals surface area contributed by atoms with Gasteiger partial charge in [-0.3, -0.25) is 4.79 Å². The van der Waals surface area contributed by atoms with Gasteiger partial charge in [0.25, 0.3) is 11.6 Å². The Balaban J connectivity index is 1.63. The van der Waals surface area contributed by atoms with Crippen molar-refractivity contribution in [2.75, 3.05) is 53.9 Å². The minimum atomic E-state index is -1.87. The van der Waals surface area contributed by atoms with Crippen LogP contribution in [-0.4, -0.2) is 100 Å². The Hall–Kier alpha value is -2.72. The molecule has 3 unspecified atom stereocenters. The lowest BCUT2D eigenvalue weighted by Crippen LogP contribution is -2.78. The molecule has 0 spiro atoms. The quantitative estimate of drug-likeness (QED) is 0.192. The Morgan fingerprint density at radius 3 is 2.57 bits per heavy atom. The van der Waals surface area contributed by atoms with Crippen molar-refractivity contribution in [3.05, 3.63) is 28.3 Å². The Morgan fingerprint density at radius 2 is 1.93 bits per heavy atom. The van der Waals surface area contributed by atoms with E-state index < -0.39 is 41.8 Å². The van der Waals surface area contributed by atoms with Gasteiger partial charge in [0.2, 0.25) is 11.9 Å². The summed E-state index contributed by atoms with van der Waals surface area (Å²) in [4.78, 5) is 26.5. The minimum absolute atomic E-state index is 0.0952. The number of phenols is 1. The lowest BCUT2D eigenvalue weighted by Gasteiger charge is -2.55. The molecule has 4 aliphatic rings. The molecule has 2 bridgehead atoms. The molecule has 2 aromatic rings. The third-order valence-corrected chi connectivity index (χ3v) is 9.98. The smallest absolute Gasteiger partial charge is 0.408 e. The summed E-state index contributed by atoms with van der Waals surface area (Å²) in [6, 6.07) is 1.88. The second-order valence-electron chi connectivity index (χ2n) is 11.3. The van der Waals surface area contributed by atoms with Crippen molar-refractivity contribution in [1.82, 2.24) is 10.6 Å². The molecule has 5 atom stereocenters. The van der Waals surface area contributed by atoms with Crippen LogP contribution >= 0.6 is 15.9 Å². The molecule has 13 nitrogen and oxygen atoms in total. The number of carbonyl (C=O) groups is 2. The molecule has 240 valence electrons. The zero-order chi connectivity index (χ0) is 31.6. The van der Waals surface area contributed by atoms with Gasteiger partial charge in [0, 0.05) is 57.4 Å². The predicted molar refractivity (Wildman–Crippen MR) is 159 cm³/mol. The van der Waals surface area contributed by atoms with Crippen molar-refractivity contribution in [2.24, 2.45) is 0 Å².